The average molecular weight is 324 g/mol. The molecule has 2 aromatic rings. The highest BCUT2D eigenvalue weighted by Crippen LogP contribution is 2.45. The number of hydrogen-bond donors (Lipinski definition) is 0. The predicted octanol–water partition coefficient (Wildman–Crippen LogP) is 5.43. The molecular weight excluding hydrogens is 306 g/mol. The lowest BCUT2D eigenvalue weighted by Crippen LogP contribution is -2.21. The van der Waals surface area contributed by atoms with Crippen molar-refractivity contribution < 1.29 is 13.6 Å². The Hall–Kier alpha value is -2.55. The van der Waals surface area contributed by atoms with Crippen LogP contribution >= 0.6 is 0 Å². The third-order valence-corrected chi connectivity index (χ3v) is 4.46. The fourth-order valence-electron chi connectivity index (χ4n) is 3.18. The van der Waals surface area contributed by atoms with Gasteiger partial charge in [-0.15, -0.1) is 0 Å². The zero-order chi connectivity index (χ0) is 17.3. The van der Waals surface area contributed by atoms with Gasteiger partial charge in [-0.25, -0.2) is 8.78 Å². The lowest BCUT2D eigenvalue weighted by Gasteiger charge is -2.32. The minimum absolute atomic E-state index is 0.280. The maximum absolute atomic E-state index is 13.2. The number of allylic oxidation sites excluding steroid dienone is 4. The number of carbonyl (C=O) groups excluding carboxylic acids is 1. The van der Waals surface area contributed by atoms with Crippen molar-refractivity contribution in [1.29, 1.82) is 0 Å². The smallest absolute Gasteiger partial charge is 0.147 e. The Labute approximate surface area is 140 Å². The lowest BCUT2D eigenvalue weighted by atomic mass is 9.70. The molecule has 0 heterocycles. The predicted molar refractivity (Wildman–Crippen MR) is 92.2 cm³/mol. The largest absolute Gasteiger partial charge is 0.298 e. The molecule has 0 radical (unpaired) electrons. The molecule has 24 heavy (non-hydrogen) atoms. The SMILES string of the molecule is CC1(C)CC(c2ccc(F)cc2)=CC(c2ccc(F)cc2)=C1C=O. The standard InChI is InChI=1S/C21H18F2O/c1-21(2)12-16(14-3-7-17(22)8-4-14)11-19(20(21)13-24)15-5-9-18(23)10-6-15/h3-11,13H,12H2,1-2H3. The molecule has 0 aliphatic heterocycles. The van der Waals surface area contributed by atoms with E-state index in [-0.39, 0.29) is 17.0 Å². The summed E-state index contributed by atoms with van der Waals surface area (Å²) in [5.41, 5.74) is 3.88. The van der Waals surface area contributed by atoms with Gasteiger partial charge < -0.3 is 0 Å². The Balaban J connectivity index is 2.16. The number of aldehydes is 1. The van der Waals surface area contributed by atoms with Crippen LogP contribution in [0, 0.1) is 17.0 Å². The van der Waals surface area contributed by atoms with Gasteiger partial charge in [0.15, 0.2) is 0 Å². The molecule has 2 aromatic carbocycles. The molecule has 0 saturated heterocycles. The van der Waals surface area contributed by atoms with Gasteiger partial charge in [-0.3, -0.25) is 4.79 Å². The third kappa shape index (κ3) is 3.07. The van der Waals surface area contributed by atoms with E-state index in [2.05, 4.69) is 0 Å². The summed E-state index contributed by atoms with van der Waals surface area (Å²) in [6.45, 7) is 4.02. The van der Waals surface area contributed by atoms with Crippen LogP contribution in [0.15, 0.2) is 60.2 Å². The summed E-state index contributed by atoms with van der Waals surface area (Å²) in [6, 6.07) is 12.5. The van der Waals surface area contributed by atoms with E-state index in [9.17, 15) is 13.6 Å². The summed E-state index contributed by atoms with van der Waals surface area (Å²) in [5.74, 6) is -0.595. The molecule has 0 atom stereocenters. The van der Waals surface area contributed by atoms with E-state index in [1.165, 1.54) is 24.3 Å². The maximum Gasteiger partial charge on any atom is 0.147 e. The highest BCUT2D eigenvalue weighted by atomic mass is 19.1. The van der Waals surface area contributed by atoms with Crippen LogP contribution in [-0.4, -0.2) is 6.29 Å². The van der Waals surface area contributed by atoms with E-state index in [0.29, 0.717) is 12.0 Å². The minimum Gasteiger partial charge on any atom is -0.298 e. The molecule has 0 spiro atoms. The van der Waals surface area contributed by atoms with Gasteiger partial charge in [0.25, 0.3) is 0 Å². The van der Waals surface area contributed by atoms with E-state index < -0.39 is 0 Å². The van der Waals surface area contributed by atoms with Gasteiger partial charge >= 0.3 is 0 Å². The minimum atomic E-state index is -0.357. The lowest BCUT2D eigenvalue weighted by molar-refractivity contribution is -0.105. The first-order chi connectivity index (χ1) is 11.4. The second kappa shape index (κ2) is 6.16. The van der Waals surface area contributed by atoms with Crippen LogP contribution in [0.4, 0.5) is 8.78 Å². The van der Waals surface area contributed by atoms with Gasteiger partial charge in [-0.05, 0) is 58.4 Å². The van der Waals surface area contributed by atoms with Crippen LogP contribution in [0.25, 0.3) is 11.1 Å². The third-order valence-electron chi connectivity index (χ3n) is 4.46. The van der Waals surface area contributed by atoms with E-state index in [1.54, 1.807) is 24.3 Å². The number of halogens is 2. The first-order valence-electron chi connectivity index (χ1n) is 7.83. The molecule has 0 N–H and O–H groups in total. The number of carbonyl (C=O) groups is 1. The highest BCUT2D eigenvalue weighted by molar-refractivity contribution is 5.99. The van der Waals surface area contributed by atoms with Gasteiger partial charge in [0.2, 0.25) is 0 Å². The molecule has 1 aliphatic rings. The Morgan fingerprint density at radius 3 is 1.88 bits per heavy atom. The zero-order valence-corrected chi connectivity index (χ0v) is 13.6. The molecule has 0 amide bonds. The molecule has 3 heteroatoms. The van der Waals surface area contributed by atoms with Crippen molar-refractivity contribution in [2.24, 2.45) is 5.41 Å². The van der Waals surface area contributed by atoms with Crippen molar-refractivity contribution in [1.82, 2.24) is 0 Å². The number of hydrogen-bond acceptors (Lipinski definition) is 1. The Bertz CT molecular complexity index is 825. The summed E-state index contributed by atoms with van der Waals surface area (Å²) in [4.78, 5) is 11.7. The van der Waals surface area contributed by atoms with Crippen molar-refractivity contribution in [3.05, 3.63) is 82.9 Å². The van der Waals surface area contributed by atoms with Crippen LogP contribution in [0.2, 0.25) is 0 Å². The van der Waals surface area contributed by atoms with E-state index in [0.717, 1.165) is 28.6 Å². The summed E-state index contributed by atoms with van der Waals surface area (Å²) >= 11 is 0. The highest BCUT2D eigenvalue weighted by Gasteiger charge is 2.31. The van der Waals surface area contributed by atoms with Crippen molar-refractivity contribution >= 4 is 17.4 Å². The Morgan fingerprint density at radius 1 is 0.875 bits per heavy atom. The Kier molecular flexibility index (Phi) is 4.18. The van der Waals surface area contributed by atoms with Crippen LogP contribution in [0.5, 0.6) is 0 Å². The second-order valence-corrected chi connectivity index (χ2v) is 6.69. The van der Waals surface area contributed by atoms with Crippen LogP contribution in [0.1, 0.15) is 31.4 Å². The topological polar surface area (TPSA) is 17.1 Å². The van der Waals surface area contributed by atoms with Crippen molar-refractivity contribution in [3.63, 3.8) is 0 Å². The number of rotatable bonds is 3. The molecule has 122 valence electrons. The van der Waals surface area contributed by atoms with Crippen molar-refractivity contribution in [3.8, 4) is 0 Å². The quantitative estimate of drug-likeness (QED) is 0.688. The fraction of sp³-hybridized carbons (Fsp3) is 0.190. The van der Waals surface area contributed by atoms with Gasteiger partial charge in [-0.2, -0.15) is 0 Å². The maximum atomic E-state index is 13.2. The summed E-state index contributed by atoms with van der Waals surface area (Å²) < 4.78 is 26.4. The molecule has 0 aromatic heterocycles. The van der Waals surface area contributed by atoms with Crippen LogP contribution < -0.4 is 0 Å². The first-order valence-corrected chi connectivity index (χ1v) is 7.83. The van der Waals surface area contributed by atoms with Crippen LogP contribution in [0.3, 0.4) is 0 Å². The molecule has 0 bridgehead atoms. The van der Waals surface area contributed by atoms with Gasteiger partial charge in [0.1, 0.15) is 17.9 Å². The zero-order valence-electron chi connectivity index (χ0n) is 13.6. The molecule has 1 nitrogen and oxygen atoms in total. The number of benzene rings is 2. The fourth-order valence-corrected chi connectivity index (χ4v) is 3.18. The molecule has 1 aliphatic carbocycles. The van der Waals surface area contributed by atoms with E-state index in [1.807, 2.05) is 19.9 Å². The second-order valence-electron chi connectivity index (χ2n) is 6.69. The summed E-state index contributed by atoms with van der Waals surface area (Å²) in [6.07, 6.45) is 3.52. The summed E-state index contributed by atoms with van der Waals surface area (Å²) in [7, 11) is 0. The molecule has 0 unspecified atom stereocenters. The van der Waals surface area contributed by atoms with Crippen LogP contribution in [-0.2, 0) is 4.79 Å². The van der Waals surface area contributed by atoms with Gasteiger partial charge in [0, 0.05) is 5.57 Å². The van der Waals surface area contributed by atoms with Crippen molar-refractivity contribution in [2.45, 2.75) is 20.3 Å². The molecule has 0 fully saturated rings. The monoisotopic (exact) mass is 324 g/mol. The van der Waals surface area contributed by atoms with Gasteiger partial charge in [-0.1, -0.05) is 44.2 Å². The normalized spacial score (nSPS) is 16.8. The van der Waals surface area contributed by atoms with Crippen molar-refractivity contribution in [2.75, 3.05) is 0 Å². The molecular formula is C21H18F2O. The summed E-state index contributed by atoms with van der Waals surface area (Å²) in [5, 5.41) is 0. The molecule has 0 saturated carbocycles. The molecule has 3 rings (SSSR count). The van der Waals surface area contributed by atoms with E-state index >= 15 is 0 Å². The van der Waals surface area contributed by atoms with Gasteiger partial charge in [0.05, 0.1) is 0 Å². The Morgan fingerprint density at radius 2 is 1.38 bits per heavy atom. The van der Waals surface area contributed by atoms with E-state index in [4.69, 9.17) is 0 Å². The average Bonchev–Trinajstić information content (AvgIpc) is 2.54. The first kappa shape index (κ1) is 16.3.